The quantitative estimate of drug-likeness (QED) is 0.0663. The SMILES string of the molecule is C[C@H]1CN(c2ccc(C#N)cc2)CCN1.C[C@H]1CN(c2ccc(C#N)cc2)CCN1C(=O)OC(C)(C)C.C[C@H]1CN(c2ccc(C#N)cc2)CCN1Cc1cnc2c(c1)NC(=O)[C@@H]1CSCCN21.C[C@H]1CNCCN1C(=O)OC(C)(C)C.Cl.N#Cc1ccc(F)cc1.O=C1Nc2cc(CO)cnc2N2CCSC[C@@H]12.O=CO[O-].[H-].[K+].[K+]. The molecule has 5 N–H and O–H groups in total. The van der Waals surface area contributed by atoms with E-state index < -0.39 is 11.2 Å². The van der Waals surface area contributed by atoms with E-state index in [1.165, 1.54) is 30.0 Å². The number of carbonyl (C=O) groups excluding carboxylic acids is 5. The summed E-state index contributed by atoms with van der Waals surface area (Å²) >= 11 is 3.63. The number of nitrogens with zero attached hydrogens (tertiary/aromatic N) is 14. The third-order valence-corrected chi connectivity index (χ3v) is 21.0. The number of anilines is 7. The van der Waals surface area contributed by atoms with Crippen LogP contribution >= 0.6 is 35.9 Å². The number of aliphatic hydroxyl groups is 1. The van der Waals surface area contributed by atoms with Gasteiger partial charge in [0.1, 0.15) is 29.1 Å². The van der Waals surface area contributed by atoms with Crippen LogP contribution in [0.2, 0.25) is 0 Å². The molecule has 0 bridgehead atoms. The summed E-state index contributed by atoms with van der Waals surface area (Å²) in [5.41, 5.74) is 8.54. The second kappa shape index (κ2) is 48.8. The second-order valence-corrected chi connectivity index (χ2v) is 32.0. The Morgan fingerprint density at radius 3 is 1.40 bits per heavy atom. The fourth-order valence-corrected chi connectivity index (χ4v) is 15.3. The molecule has 6 aromatic rings. The zero-order chi connectivity index (χ0) is 81.1. The molecule has 10 heterocycles. The van der Waals surface area contributed by atoms with Gasteiger partial charge in [-0.15, -0.1) is 12.4 Å². The number of hydrogen-bond donors (Lipinski definition) is 5. The van der Waals surface area contributed by atoms with Crippen molar-refractivity contribution in [2.24, 2.45) is 0 Å². The maximum atomic E-state index is 12.5. The van der Waals surface area contributed by atoms with Crippen molar-refractivity contribution in [3.8, 4) is 24.3 Å². The van der Waals surface area contributed by atoms with Gasteiger partial charge in [0.25, 0.3) is 6.47 Å². The van der Waals surface area contributed by atoms with Gasteiger partial charge in [-0.05, 0) is 190 Å². The van der Waals surface area contributed by atoms with Crippen LogP contribution in [0.5, 0.6) is 0 Å². The van der Waals surface area contributed by atoms with E-state index in [9.17, 15) is 23.6 Å². The van der Waals surface area contributed by atoms with Crippen LogP contribution in [0.3, 0.4) is 0 Å². The first-order valence-corrected chi connectivity index (χ1v) is 39.7. The third kappa shape index (κ3) is 30.4. The minimum atomic E-state index is -0.471. The van der Waals surface area contributed by atoms with Crippen molar-refractivity contribution in [2.45, 2.75) is 130 Å². The second-order valence-electron chi connectivity index (χ2n) is 29.7. The van der Waals surface area contributed by atoms with Crippen molar-refractivity contribution in [2.75, 3.05) is 150 Å². The molecular weight excluding hydrogens is 1580 g/mol. The molecule has 6 atom stereocenters. The number of ether oxygens (including phenoxy) is 2. The molecule has 0 saturated carbocycles. The molecule has 0 spiro atoms. The number of aromatic nitrogens is 2. The Labute approximate surface area is 776 Å². The van der Waals surface area contributed by atoms with E-state index in [-0.39, 0.29) is 184 Å². The molecule has 8 aliphatic heterocycles. The number of thioether (sulfide) groups is 2. The molecule has 115 heavy (non-hydrogen) atoms. The van der Waals surface area contributed by atoms with Crippen LogP contribution in [0.1, 0.15) is 104 Å². The van der Waals surface area contributed by atoms with E-state index in [1.54, 1.807) is 33.8 Å². The first kappa shape index (κ1) is 98.7. The largest absolute Gasteiger partial charge is 1.00 e. The summed E-state index contributed by atoms with van der Waals surface area (Å²) in [5.74, 6) is 5.24. The summed E-state index contributed by atoms with van der Waals surface area (Å²) in [6.45, 7) is 32.6. The number of nitriles is 4. The molecule has 0 radical (unpaired) electrons. The molecule has 0 unspecified atom stereocenters. The Kier molecular flexibility index (Phi) is 41.9. The van der Waals surface area contributed by atoms with Crippen molar-refractivity contribution in [1.82, 2.24) is 35.3 Å². The van der Waals surface area contributed by atoms with Crippen molar-refractivity contribution in [3.63, 3.8) is 0 Å². The normalized spacial score (nSPS) is 19.7. The standard InChI is InChI=1S/C23H26N6OS.C17H23N3O2.C12H15N3.C11H13N3O2S.C10H20N2O2.C7H4FN.CH2O3.ClH.2K.H/c1-16-13-28(19-4-2-17(11-24)3-5-19)7-6-27(16)14-18-10-20-22(25-12-18)29-8-9-31-15-21(29)23(30)26-20;1-13-12-19(15-7-5-14(11-18)6-8-15)9-10-20(13)16(21)22-17(2,3)4;1-10-9-15(7-6-14-10)12-4-2-11(8-13)3-5-12;15-5-7-3-8-10(12-4-7)14-1-2-17-6-9(14)11(16)13-8;1-8-7-11-5-6-12(8)9(13)14-10(2,3)4;8-7-3-1-6(5-9)2-4-7;2-1-4-3;;;;/h2-5,10,12,16,21H,6-9,13-15H2,1H3,(H,26,30);5-8,13H,9-10,12H2,1-4H3;2-5,10,14H,6-7,9H2,1H3;3-4,9,15H,1-2,5-6H2,(H,13,16);8,11H,5-7H2,1-4H3;1-4H;1,3H;1H;;;/q;;;;;;;;2*+1;-1/p-1/t16-,21-;13-;10-;9-;8-;;;;;;/m00000....../s1. The van der Waals surface area contributed by atoms with Gasteiger partial charge in [-0.2, -0.15) is 44.6 Å². The van der Waals surface area contributed by atoms with Crippen LogP contribution in [0.25, 0.3) is 0 Å². The summed E-state index contributed by atoms with van der Waals surface area (Å²) in [7, 11) is 0. The minimum absolute atomic E-state index is 0. The van der Waals surface area contributed by atoms with Crippen LogP contribution in [0.15, 0.2) is 122 Å². The molecule has 0 aliphatic carbocycles. The molecule has 2 aromatic heterocycles. The van der Waals surface area contributed by atoms with Crippen LogP contribution in [0, 0.1) is 51.1 Å². The molecule has 8 aliphatic rings. The topological polar surface area (TPSA) is 351 Å². The molecule has 14 rings (SSSR count). The molecule has 606 valence electrons. The van der Waals surface area contributed by atoms with Gasteiger partial charge in [-0.1, -0.05) is 0 Å². The Morgan fingerprint density at radius 2 is 1.00 bits per heavy atom. The van der Waals surface area contributed by atoms with Gasteiger partial charge < -0.3 is 81.7 Å². The van der Waals surface area contributed by atoms with Gasteiger partial charge >= 0.3 is 115 Å². The van der Waals surface area contributed by atoms with Crippen molar-refractivity contribution < 1.29 is 157 Å². The van der Waals surface area contributed by atoms with Gasteiger partial charge in [-0.3, -0.25) is 19.3 Å². The molecule has 6 saturated heterocycles. The van der Waals surface area contributed by atoms with E-state index in [4.69, 9.17) is 50.7 Å². The maximum absolute atomic E-state index is 12.5. The summed E-state index contributed by atoms with van der Waals surface area (Å²) in [6.07, 6.45) is 3.18. The van der Waals surface area contributed by atoms with Gasteiger partial charge in [0, 0.05) is 175 Å². The third-order valence-electron chi connectivity index (χ3n) is 19.0. The molecule has 28 nitrogen and oxygen atoms in total. The molecule has 4 aromatic carbocycles. The number of benzene rings is 4. The number of nitrogens with one attached hydrogen (secondary N) is 4. The number of hydrogen-bond acceptors (Lipinski definition) is 26. The minimum Gasteiger partial charge on any atom is -1.00 e. The Balaban J connectivity index is 0.000000299. The number of carbonyl (C=O) groups is 5. The summed E-state index contributed by atoms with van der Waals surface area (Å²) in [5, 5.41) is 64.9. The molecule has 6 fully saturated rings. The average Bonchev–Trinajstić information content (AvgIpc) is 0.779. The number of amides is 4. The van der Waals surface area contributed by atoms with Crippen LogP contribution < -0.4 is 154 Å². The van der Waals surface area contributed by atoms with Crippen molar-refractivity contribution in [3.05, 3.63) is 161 Å². The predicted octanol–water partition coefficient (Wildman–Crippen LogP) is 3.24. The summed E-state index contributed by atoms with van der Waals surface area (Å²) < 4.78 is 22.9. The van der Waals surface area contributed by atoms with Gasteiger partial charge in [-0.25, -0.2) is 23.9 Å². The molecular formula is C81H104ClFK2N18O10S2. The van der Waals surface area contributed by atoms with E-state index in [0.29, 0.717) is 46.6 Å². The number of piperazine rings is 4. The van der Waals surface area contributed by atoms with E-state index >= 15 is 0 Å². The molecule has 34 heteroatoms. The van der Waals surface area contributed by atoms with Crippen molar-refractivity contribution >= 4 is 106 Å². The Bertz CT molecular complexity index is 4300. The number of halogens is 2. The molecule has 4 amide bonds. The Hall–Kier alpha value is -6.92. The van der Waals surface area contributed by atoms with Gasteiger partial charge in [0.05, 0.1) is 64.5 Å². The number of rotatable bonds is 7. The van der Waals surface area contributed by atoms with E-state index in [1.807, 2.05) is 152 Å². The van der Waals surface area contributed by atoms with Crippen LogP contribution in [-0.4, -0.2) is 222 Å². The average molecular weight is 1690 g/mol. The summed E-state index contributed by atoms with van der Waals surface area (Å²) in [6, 6.07) is 41.8. The fraction of sp³-hybridized carbons (Fsp3) is 0.469. The van der Waals surface area contributed by atoms with Crippen LogP contribution in [-0.2, 0) is 41.9 Å². The predicted molar refractivity (Wildman–Crippen MR) is 440 cm³/mol. The zero-order valence-corrected chi connectivity index (χ0v) is 76.4. The van der Waals surface area contributed by atoms with E-state index in [0.717, 1.165) is 154 Å². The smallest absolute Gasteiger partial charge is 1.00 e. The Morgan fingerprint density at radius 1 is 0.591 bits per heavy atom. The van der Waals surface area contributed by atoms with E-state index in [2.05, 4.69) is 98.7 Å². The zero-order valence-electron chi connectivity index (χ0n) is 68.7. The first-order chi connectivity index (χ1) is 53.6. The summed E-state index contributed by atoms with van der Waals surface area (Å²) in [4.78, 5) is 85.9. The fourth-order valence-electron chi connectivity index (χ4n) is 13.2. The van der Waals surface area contributed by atoms with Gasteiger partial charge in [0.2, 0.25) is 11.8 Å². The van der Waals surface area contributed by atoms with Crippen molar-refractivity contribution in [1.29, 1.82) is 21.0 Å². The number of aliphatic hydroxyl groups excluding tert-OH is 1. The number of pyridine rings is 2. The number of fused-ring (bicyclic) bond motifs is 6. The monoisotopic (exact) mass is 1680 g/mol. The van der Waals surface area contributed by atoms with Crippen LogP contribution in [0.4, 0.5) is 54.1 Å². The maximum Gasteiger partial charge on any atom is 1.00 e. The van der Waals surface area contributed by atoms with Gasteiger partial charge in [0.15, 0.2) is 11.6 Å². The first-order valence-electron chi connectivity index (χ1n) is 37.4.